The van der Waals surface area contributed by atoms with Crippen molar-refractivity contribution in [2.24, 2.45) is 29.1 Å². The Morgan fingerprint density at radius 1 is 0.727 bits per heavy atom. The van der Waals surface area contributed by atoms with Crippen molar-refractivity contribution in [3.63, 3.8) is 0 Å². The highest BCUT2D eigenvalue weighted by Crippen LogP contribution is 2.49. The molecule has 0 heteroatoms. The highest BCUT2D eigenvalue weighted by molar-refractivity contribution is 4.89. The molecule has 0 aromatic carbocycles. The van der Waals surface area contributed by atoms with E-state index in [1.807, 2.05) is 0 Å². The van der Waals surface area contributed by atoms with E-state index >= 15 is 0 Å². The van der Waals surface area contributed by atoms with Crippen LogP contribution in [0.4, 0.5) is 0 Å². The van der Waals surface area contributed by atoms with Gasteiger partial charge in [-0.1, -0.05) is 100 Å². The van der Waals surface area contributed by atoms with E-state index in [2.05, 4.69) is 55.4 Å². The second-order valence-corrected chi connectivity index (χ2v) is 8.10. The van der Waals surface area contributed by atoms with Crippen LogP contribution in [0.2, 0.25) is 0 Å². The van der Waals surface area contributed by atoms with E-state index in [4.69, 9.17) is 0 Å². The molecule has 4 atom stereocenters. The van der Waals surface area contributed by atoms with Gasteiger partial charge >= 0.3 is 0 Å². The molecule has 0 aromatic rings. The van der Waals surface area contributed by atoms with Gasteiger partial charge < -0.3 is 0 Å². The van der Waals surface area contributed by atoms with Gasteiger partial charge in [0.2, 0.25) is 0 Å². The molecule has 0 heterocycles. The normalized spacial score (nSPS) is 18.0. The lowest BCUT2D eigenvalue weighted by Crippen LogP contribution is -2.36. The van der Waals surface area contributed by atoms with Crippen LogP contribution in [0.15, 0.2) is 0 Å². The van der Waals surface area contributed by atoms with Gasteiger partial charge in [0.05, 0.1) is 0 Å². The molecule has 0 aliphatic carbocycles. The quantitative estimate of drug-likeness (QED) is 0.322. The molecule has 0 N–H and O–H groups in total. The minimum absolute atomic E-state index is 0.581. The van der Waals surface area contributed by atoms with Crippen LogP contribution in [-0.2, 0) is 0 Å². The highest BCUT2D eigenvalue weighted by atomic mass is 14.4. The number of rotatable bonds is 13. The fraction of sp³-hybridized carbons (Fsp3) is 1.00. The average molecular weight is 311 g/mol. The molecule has 22 heavy (non-hydrogen) atoms. The first kappa shape index (κ1) is 22.0. The summed E-state index contributed by atoms with van der Waals surface area (Å²) in [7, 11) is 0. The Balaban J connectivity index is 5.16. The summed E-state index contributed by atoms with van der Waals surface area (Å²) in [6, 6.07) is 0. The summed E-state index contributed by atoms with van der Waals surface area (Å²) in [5.74, 6) is 3.62. The lowest BCUT2D eigenvalue weighted by atomic mass is 9.60. The smallest absolute Gasteiger partial charge is 0.0269 e. The molecule has 0 nitrogen and oxygen atoms in total. The van der Waals surface area contributed by atoms with Crippen LogP contribution in [0.3, 0.4) is 0 Å². The van der Waals surface area contributed by atoms with E-state index in [0.717, 1.165) is 23.7 Å². The SMILES string of the molecule is CCCC(CC)C(CC)C(CC)(CC)CC(C)CC(C)CC. The maximum atomic E-state index is 2.51. The van der Waals surface area contributed by atoms with Crippen LogP contribution in [0.1, 0.15) is 113 Å². The fourth-order valence-corrected chi connectivity index (χ4v) is 5.17. The van der Waals surface area contributed by atoms with Crippen LogP contribution in [0, 0.1) is 29.1 Å². The van der Waals surface area contributed by atoms with E-state index in [9.17, 15) is 0 Å². The van der Waals surface area contributed by atoms with Gasteiger partial charge in [-0.3, -0.25) is 0 Å². The average Bonchev–Trinajstić information content (AvgIpc) is 2.52. The van der Waals surface area contributed by atoms with Crippen molar-refractivity contribution < 1.29 is 0 Å². The van der Waals surface area contributed by atoms with Gasteiger partial charge in [0, 0.05) is 0 Å². The summed E-state index contributed by atoms with van der Waals surface area (Å²) in [6.07, 6.45) is 12.4. The molecule has 0 rings (SSSR count). The molecule has 0 aliphatic heterocycles. The highest BCUT2D eigenvalue weighted by Gasteiger charge is 2.39. The molecular weight excluding hydrogens is 264 g/mol. The van der Waals surface area contributed by atoms with Crippen LogP contribution < -0.4 is 0 Å². The minimum atomic E-state index is 0.581. The first-order valence-corrected chi connectivity index (χ1v) is 10.4. The summed E-state index contributed by atoms with van der Waals surface area (Å²) in [5.41, 5.74) is 0.581. The van der Waals surface area contributed by atoms with Crippen molar-refractivity contribution in [3.05, 3.63) is 0 Å². The second-order valence-electron chi connectivity index (χ2n) is 8.10. The van der Waals surface area contributed by atoms with Crippen molar-refractivity contribution in [1.29, 1.82) is 0 Å². The van der Waals surface area contributed by atoms with Crippen LogP contribution in [0.25, 0.3) is 0 Å². The van der Waals surface area contributed by atoms with Crippen LogP contribution in [0.5, 0.6) is 0 Å². The Bertz CT molecular complexity index is 251. The first-order valence-electron chi connectivity index (χ1n) is 10.4. The zero-order valence-corrected chi connectivity index (χ0v) is 17.2. The lowest BCUT2D eigenvalue weighted by Gasteiger charge is -2.45. The van der Waals surface area contributed by atoms with Gasteiger partial charge in [-0.25, -0.2) is 0 Å². The van der Waals surface area contributed by atoms with Gasteiger partial charge in [0.1, 0.15) is 0 Å². The molecule has 0 aliphatic rings. The van der Waals surface area contributed by atoms with E-state index in [-0.39, 0.29) is 0 Å². The monoisotopic (exact) mass is 310 g/mol. The van der Waals surface area contributed by atoms with Crippen molar-refractivity contribution in [2.75, 3.05) is 0 Å². The molecule has 0 saturated heterocycles. The van der Waals surface area contributed by atoms with Gasteiger partial charge in [0.25, 0.3) is 0 Å². The number of hydrogen-bond acceptors (Lipinski definition) is 0. The largest absolute Gasteiger partial charge is 0.0654 e. The predicted molar refractivity (Wildman–Crippen MR) is 103 cm³/mol. The Morgan fingerprint density at radius 2 is 1.32 bits per heavy atom. The third-order valence-corrected chi connectivity index (χ3v) is 6.64. The van der Waals surface area contributed by atoms with Crippen molar-refractivity contribution >= 4 is 0 Å². The summed E-state index contributed by atoms with van der Waals surface area (Å²) < 4.78 is 0. The third kappa shape index (κ3) is 6.25. The molecule has 0 radical (unpaired) electrons. The van der Waals surface area contributed by atoms with Crippen molar-refractivity contribution in [2.45, 2.75) is 113 Å². The zero-order valence-electron chi connectivity index (χ0n) is 17.2. The predicted octanol–water partition coefficient (Wildman–Crippen LogP) is 8.11. The maximum Gasteiger partial charge on any atom is -0.0269 e. The molecule has 4 unspecified atom stereocenters. The molecule has 0 amide bonds. The van der Waals surface area contributed by atoms with E-state index in [0.29, 0.717) is 5.41 Å². The summed E-state index contributed by atoms with van der Waals surface area (Å²) in [6.45, 7) is 19.4. The van der Waals surface area contributed by atoms with Crippen LogP contribution >= 0.6 is 0 Å². The first-order chi connectivity index (χ1) is 10.4. The Morgan fingerprint density at radius 3 is 1.68 bits per heavy atom. The zero-order chi connectivity index (χ0) is 17.2. The molecule has 0 bridgehead atoms. The van der Waals surface area contributed by atoms with E-state index < -0.39 is 0 Å². The Labute approximate surface area is 142 Å². The summed E-state index contributed by atoms with van der Waals surface area (Å²) in [5, 5.41) is 0. The van der Waals surface area contributed by atoms with E-state index in [1.54, 1.807) is 0 Å². The van der Waals surface area contributed by atoms with Gasteiger partial charge in [0.15, 0.2) is 0 Å². The third-order valence-electron chi connectivity index (χ3n) is 6.64. The lowest BCUT2D eigenvalue weighted by molar-refractivity contribution is 0.0458. The van der Waals surface area contributed by atoms with Gasteiger partial charge in [-0.15, -0.1) is 0 Å². The molecule has 0 saturated carbocycles. The standard InChI is InChI=1S/C22H46/c1-9-15-20(11-3)21(12-4)22(13-5,14-6)17-19(8)16-18(7)10-2/h18-21H,9-17H2,1-8H3. The number of hydrogen-bond donors (Lipinski definition) is 0. The molecule has 0 spiro atoms. The topological polar surface area (TPSA) is 0 Å². The Kier molecular flexibility index (Phi) is 11.5. The fourth-order valence-electron chi connectivity index (χ4n) is 5.17. The molecule has 0 fully saturated rings. The Hall–Kier alpha value is 0. The molecular formula is C22H46. The molecule has 0 aromatic heterocycles. The minimum Gasteiger partial charge on any atom is -0.0654 e. The second kappa shape index (κ2) is 11.5. The van der Waals surface area contributed by atoms with Crippen molar-refractivity contribution in [1.82, 2.24) is 0 Å². The summed E-state index contributed by atoms with van der Waals surface area (Å²) in [4.78, 5) is 0. The van der Waals surface area contributed by atoms with Crippen molar-refractivity contribution in [3.8, 4) is 0 Å². The maximum absolute atomic E-state index is 2.51. The van der Waals surface area contributed by atoms with E-state index in [1.165, 1.54) is 57.8 Å². The van der Waals surface area contributed by atoms with Gasteiger partial charge in [-0.05, 0) is 41.9 Å². The summed E-state index contributed by atoms with van der Waals surface area (Å²) >= 11 is 0. The van der Waals surface area contributed by atoms with Crippen LogP contribution in [-0.4, -0.2) is 0 Å². The van der Waals surface area contributed by atoms with Gasteiger partial charge in [-0.2, -0.15) is 0 Å². The molecule has 134 valence electrons.